The maximum absolute atomic E-state index is 11.0. The fraction of sp³-hybridized carbons (Fsp3) is 0.875. The van der Waals surface area contributed by atoms with Crippen LogP contribution in [0.25, 0.3) is 0 Å². The second-order valence-electron chi connectivity index (χ2n) is 3.07. The molecule has 1 aliphatic carbocycles. The number of carbonyl (C=O) groups excluding carboxylic acids is 1. The van der Waals surface area contributed by atoms with Crippen molar-refractivity contribution in [1.82, 2.24) is 5.32 Å². The Morgan fingerprint density at radius 1 is 1.60 bits per heavy atom. The zero-order chi connectivity index (χ0) is 7.40. The highest BCUT2D eigenvalue weighted by molar-refractivity contribution is 5.80. The quantitative estimate of drug-likeness (QED) is 0.632. The third-order valence-electron chi connectivity index (χ3n) is 2.12. The van der Waals surface area contributed by atoms with Crippen molar-refractivity contribution in [1.29, 1.82) is 0 Å². The van der Waals surface area contributed by atoms with Crippen molar-refractivity contribution < 1.29 is 4.79 Å². The standard InChI is InChI=1S/C8H15NO/c1-9-6-8(10)5-7-3-2-4-7/h7,9H,2-6H2,1H3. The summed E-state index contributed by atoms with van der Waals surface area (Å²) in [5, 5.41) is 2.87. The van der Waals surface area contributed by atoms with Crippen molar-refractivity contribution in [2.24, 2.45) is 5.92 Å². The SMILES string of the molecule is CNCC(=O)CC1CCC1. The number of likely N-dealkylation sites (N-methyl/N-ethyl adjacent to an activating group) is 1. The number of ketones is 1. The minimum absolute atomic E-state index is 0.368. The van der Waals surface area contributed by atoms with Crippen molar-refractivity contribution in [3.8, 4) is 0 Å². The Labute approximate surface area is 62.0 Å². The molecule has 2 heteroatoms. The van der Waals surface area contributed by atoms with Gasteiger partial charge in [-0.2, -0.15) is 0 Å². The molecule has 0 bridgehead atoms. The molecule has 0 aromatic heterocycles. The zero-order valence-electron chi connectivity index (χ0n) is 6.52. The summed E-state index contributed by atoms with van der Waals surface area (Å²) >= 11 is 0. The first kappa shape index (κ1) is 7.73. The molecule has 0 radical (unpaired) electrons. The minimum atomic E-state index is 0.368. The summed E-state index contributed by atoms with van der Waals surface area (Å²) in [5.41, 5.74) is 0. The summed E-state index contributed by atoms with van der Waals surface area (Å²) in [6.07, 6.45) is 4.68. The summed E-state index contributed by atoms with van der Waals surface area (Å²) in [6.45, 7) is 0.552. The lowest BCUT2D eigenvalue weighted by Gasteiger charge is -2.24. The highest BCUT2D eigenvalue weighted by Gasteiger charge is 2.19. The second kappa shape index (κ2) is 3.71. The van der Waals surface area contributed by atoms with Crippen LogP contribution in [0.4, 0.5) is 0 Å². The average molecular weight is 141 g/mol. The van der Waals surface area contributed by atoms with E-state index >= 15 is 0 Å². The molecule has 0 atom stereocenters. The topological polar surface area (TPSA) is 29.1 Å². The van der Waals surface area contributed by atoms with Gasteiger partial charge < -0.3 is 5.32 Å². The van der Waals surface area contributed by atoms with Gasteiger partial charge >= 0.3 is 0 Å². The maximum Gasteiger partial charge on any atom is 0.146 e. The molecule has 0 heterocycles. The van der Waals surface area contributed by atoms with Gasteiger partial charge in [0.1, 0.15) is 5.78 Å². The number of Topliss-reactive ketones (excluding diaryl/α,β-unsaturated/α-hetero) is 1. The summed E-state index contributed by atoms with van der Waals surface area (Å²) in [5.74, 6) is 1.09. The molecule has 0 saturated heterocycles. The first-order valence-corrected chi connectivity index (χ1v) is 3.99. The molecule has 1 fully saturated rings. The Balaban J connectivity index is 2.05. The Hall–Kier alpha value is -0.370. The van der Waals surface area contributed by atoms with Crippen LogP contribution < -0.4 is 5.32 Å². The molecule has 1 saturated carbocycles. The van der Waals surface area contributed by atoms with E-state index in [1.807, 2.05) is 7.05 Å². The number of carbonyl (C=O) groups is 1. The van der Waals surface area contributed by atoms with E-state index in [0.29, 0.717) is 12.3 Å². The molecular weight excluding hydrogens is 126 g/mol. The summed E-state index contributed by atoms with van der Waals surface area (Å²) in [6, 6.07) is 0. The van der Waals surface area contributed by atoms with Crippen LogP contribution in [-0.4, -0.2) is 19.4 Å². The van der Waals surface area contributed by atoms with Crippen LogP contribution in [0, 0.1) is 5.92 Å². The fourth-order valence-corrected chi connectivity index (χ4v) is 1.29. The Bertz CT molecular complexity index is 118. The normalized spacial score (nSPS) is 18.5. The molecule has 0 unspecified atom stereocenters. The first-order chi connectivity index (χ1) is 4.83. The van der Waals surface area contributed by atoms with Crippen molar-refractivity contribution >= 4 is 5.78 Å². The minimum Gasteiger partial charge on any atom is -0.313 e. The molecule has 10 heavy (non-hydrogen) atoms. The van der Waals surface area contributed by atoms with Gasteiger partial charge in [-0.3, -0.25) is 4.79 Å². The third-order valence-corrected chi connectivity index (χ3v) is 2.12. The monoisotopic (exact) mass is 141 g/mol. The van der Waals surface area contributed by atoms with Gasteiger partial charge in [0.25, 0.3) is 0 Å². The van der Waals surface area contributed by atoms with Gasteiger partial charge in [0.05, 0.1) is 6.54 Å². The molecule has 1 N–H and O–H groups in total. The van der Waals surface area contributed by atoms with E-state index in [1.165, 1.54) is 19.3 Å². The molecule has 0 spiro atoms. The number of nitrogens with one attached hydrogen (secondary N) is 1. The largest absolute Gasteiger partial charge is 0.313 e. The summed E-state index contributed by atoms with van der Waals surface area (Å²) < 4.78 is 0. The number of hydrogen-bond donors (Lipinski definition) is 1. The van der Waals surface area contributed by atoms with Gasteiger partial charge in [0.2, 0.25) is 0 Å². The molecule has 58 valence electrons. The van der Waals surface area contributed by atoms with Gasteiger partial charge in [-0.15, -0.1) is 0 Å². The van der Waals surface area contributed by atoms with Gasteiger partial charge in [-0.05, 0) is 13.0 Å². The van der Waals surface area contributed by atoms with Gasteiger partial charge in [0, 0.05) is 6.42 Å². The molecule has 1 aliphatic rings. The van der Waals surface area contributed by atoms with Gasteiger partial charge in [-0.25, -0.2) is 0 Å². The average Bonchev–Trinajstić information content (AvgIpc) is 1.80. The molecule has 1 rings (SSSR count). The molecule has 2 nitrogen and oxygen atoms in total. The van der Waals surface area contributed by atoms with E-state index < -0.39 is 0 Å². The van der Waals surface area contributed by atoms with E-state index in [2.05, 4.69) is 5.32 Å². The van der Waals surface area contributed by atoms with Crippen LogP contribution in [0.1, 0.15) is 25.7 Å². The summed E-state index contributed by atoms with van der Waals surface area (Å²) in [4.78, 5) is 11.0. The fourth-order valence-electron chi connectivity index (χ4n) is 1.29. The Kier molecular flexibility index (Phi) is 2.87. The first-order valence-electron chi connectivity index (χ1n) is 3.99. The molecule has 0 aromatic rings. The van der Waals surface area contributed by atoms with Gasteiger partial charge in [-0.1, -0.05) is 19.3 Å². The van der Waals surface area contributed by atoms with E-state index in [-0.39, 0.29) is 0 Å². The highest BCUT2D eigenvalue weighted by Crippen LogP contribution is 2.29. The van der Waals surface area contributed by atoms with Crippen molar-refractivity contribution in [2.75, 3.05) is 13.6 Å². The van der Waals surface area contributed by atoms with E-state index in [0.717, 1.165) is 12.3 Å². The predicted octanol–water partition coefficient (Wildman–Crippen LogP) is 0.965. The second-order valence-corrected chi connectivity index (χ2v) is 3.07. The van der Waals surface area contributed by atoms with Crippen molar-refractivity contribution in [2.45, 2.75) is 25.7 Å². The Morgan fingerprint density at radius 2 is 2.30 bits per heavy atom. The molecule has 0 aromatic carbocycles. The van der Waals surface area contributed by atoms with E-state index in [9.17, 15) is 4.79 Å². The highest BCUT2D eigenvalue weighted by atomic mass is 16.1. The van der Waals surface area contributed by atoms with Crippen LogP contribution in [0.2, 0.25) is 0 Å². The van der Waals surface area contributed by atoms with Crippen LogP contribution in [0.15, 0.2) is 0 Å². The van der Waals surface area contributed by atoms with Crippen molar-refractivity contribution in [3.63, 3.8) is 0 Å². The molecular formula is C8H15NO. The lowest BCUT2D eigenvalue weighted by Crippen LogP contribution is -2.23. The molecule has 0 aliphatic heterocycles. The third kappa shape index (κ3) is 2.10. The van der Waals surface area contributed by atoms with Crippen LogP contribution in [0.5, 0.6) is 0 Å². The smallest absolute Gasteiger partial charge is 0.146 e. The maximum atomic E-state index is 11.0. The number of rotatable bonds is 4. The predicted molar refractivity (Wildman–Crippen MR) is 40.9 cm³/mol. The van der Waals surface area contributed by atoms with E-state index in [1.54, 1.807) is 0 Å². The van der Waals surface area contributed by atoms with E-state index in [4.69, 9.17) is 0 Å². The Morgan fingerprint density at radius 3 is 2.70 bits per heavy atom. The number of hydrogen-bond acceptors (Lipinski definition) is 2. The van der Waals surface area contributed by atoms with Crippen LogP contribution in [0.3, 0.4) is 0 Å². The van der Waals surface area contributed by atoms with Crippen LogP contribution in [-0.2, 0) is 4.79 Å². The summed E-state index contributed by atoms with van der Waals surface area (Å²) in [7, 11) is 1.82. The molecule has 0 amide bonds. The van der Waals surface area contributed by atoms with Gasteiger partial charge in [0.15, 0.2) is 0 Å². The zero-order valence-corrected chi connectivity index (χ0v) is 6.52. The lowest BCUT2D eigenvalue weighted by atomic mass is 9.82. The van der Waals surface area contributed by atoms with Crippen LogP contribution >= 0.6 is 0 Å². The lowest BCUT2D eigenvalue weighted by molar-refractivity contribution is -0.119. The van der Waals surface area contributed by atoms with Crippen molar-refractivity contribution in [3.05, 3.63) is 0 Å².